The van der Waals surface area contributed by atoms with Crippen LogP contribution in [0.2, 0.25) is 0 Å². The van der Waals surface area contributed by atoms with E-state index in [-0.39, 0.29) is 5.41 Å². The van der Waals surface area contributed by atoms with Crippen LogP contribution in [0, 0.1) is 6.92 Å². The van der Waals surface area contributed by atoms with E-state index in [0.717, 1.165) is 12.8 Å². The third kappa shape index (κ3) is 2.82. The summed E-state index contributed by atoms with van der Waals surface area (Å²) >= 11 is 0. The quantitative estimate of drug-likeness (QED) is 0.699. The molecule has 0 amide bonds. The van der Waals surface area contributed by atoms with E-state index in [0.29, 0.717) is 6.04 Å². The zero-order chi connectivity index (χ0) is 17.1. The zero-order valence-electron chi connectivity index (χ0n) is 14.7. The monoisotopic (exact) mass is 328 g/mol. The Hall–Kier alpha value is -2.61. The van der Waals surface area contributed by atoms with Crippen molar-refractivity contribution in [3.8, 4) is 0 Å². The molecule has 0 saturated heterocycles. The van der Waals surface area contributed by atoms with E-state index >= 15 is 0 Å². The molecule has 3 aromatic rings. The first-order valence-corrected chi connectivity index (χ1v) is 9.10. The summed E-state index contributed by atoms with van der Waals surface area (Å²) in [5.74, 6) is 0. The normalized spacial score (nSPS) is 22.7. The molecule has 1 saturated carbocycles. The van der Waals surface area contributed by atoms with Crippen LogP contribution in [0.25, 0.3) is 0 Å². The number of benzene rings is 2. The molecule has 126 valence electrons. The highest BCUT2D eigenvalue weighted by atomic mass is 15.0. The van der Waals surface area contributed by atoms with E-state index in [2.05, 4.69) is 79.0 Å². The van der Waals surface area contributed by atoms with Gasteiger partial charge < -0.3 is 5.32 Å². The molecule has 2 nitrogen and oxygen atoms in total. The van der Waals surface area contributed by atoms with Crippen molar-refractivity contribution in [1.29, 1.82) is 0 Å². The van der Waals surface area contributed by atoms with Gasteiger partial charge in [-0.1, -0.05) is 55.0 Å². The van der Waals surface area contributed by atoms with Gasteiger partial charge in [0, 0.05) is 17.9 Å². The number of anilines is 1. The number of aryl methyl sites for hydroxylation is 1. The van der Waals surface area contributed by atoms with Crippen molar-refractivity contribution in [3.05, 3.63) is 95.8 Å². The Labute approximate surface area is 149 Å². The first kappa shape index (κ1) is 15.9. The molecule has 1 N–H and O–H groups in total. The van der Waals surface area contributed by atoms with Gasteiger partial charge in [0.1, 0.15) is 0 Å². The maximum atomic E-state index is 4.80. The zero-order valence-corrected chi connectivity index (χ0v) is 14.7. The number of hydrogen-bond acceptors (Lipinski definition) is 2. The fourth-order valence-electron chi connectivity index (χ4n) is 4.40. The van der Waals surface area contributed by atoms with Gasteiger partial charge in [0.05, 0.1) is 11.1 Å². The molecule has 25 heavy (non-hydrogen) atoms. The maximum absolute atomic E-state index is 4.80. The fraction of sp³-hybridized carbons (Fsp3) is 0.261. The molecule has 1 aliphatic rings. The summed E-state index contributed by atoms with van der Waals surface area (Å²) in [6, 6.07) is 26.0. The van der Waals surface area contributed by atoms with E-state index in [1.807, 2.05) is 12.3 Å². The van der Waals surface area contributed by atoms with Gasteiger partial charge in [-0.2, -0.15) is 0 Å². The molecule has 1 fully saturated rings. The lowest BCUT2D eigenvalue weighted by atomic mass is 9.71. The number of aromatic nitrogens is 1. The molecule has 2 atom stereocenters. The van der Waals surface area contributed by atoms with Crippen LogP contribution in [0.4, 0.5) is 5.69 Å². The average molecular weight is 328 g/mol. The average Bonchev–Trinajstić information content (AvgIpc) is 3.08. The Morgan fingerprint density at radius 2 is 1.68 bits per heavy atom. The topological polar surface area (TPSA) is 24.9 Å². The number of nitrogens with one attached hydrogen (secondary N) is 1. The van der Waals surface area contributed by atoms with Crippen LogP contribution in [-0.4, -0.2) is 11.0 Å². The Morgan fingerprint density at radius 3 is 2.44 bits per heavy atom. The highest BCUT2D eigenvalue weighted by molar-refractivity contribution is 5.51. The Morgan fingerprint density at radius 1 is 0.920 bits per heavy atom. The highest BCUT2D eigenvalue weighted by Gasteiger charge is 2.47. The summed E-state index contributed by atoms with van der Waals surface area (Å²) in [6.07, 6.45) is 5.40. The SMILES string of the molecule is Cc1ccccc1[C@@]1(c2ccccn2)CCC[C@H]1Nc1ccccc1. The Bertz CT molecular complexity index is 829. The second-order valence-electron chi connectivity index (χ2n) is 6.96. The molecule has 1 heterocycles. The lowest BCUT2D eigenvalue weighted by Crippen LogP contribution is -2.42. The van der Waals surface area contributed by atoms with Crippen LogP contribution in [0.1, 0.15) is 36.1 Å². The first-order chi connectivity index (χ1) is 12.3. The van der Waals surface area contributed by atoms with Crippen LogP contribution in [0.15, 0.2) is 79.0 Å². The molecule has 1 aromatic heterocycles. The van der Waals surface area contributed by atoms with Crippen molar-refractivity contribution in [2.75, 3.05) is 5.32 Å². The van der Waals surface area contributed by atoms with Crippen LogP contribution < -0.4 is 5.32 Å². The van der Waals surface area contributed by atoms with E-state index in [4.69, 9.17) is 4.98 Å². The second kappa shape index (κ2) is 6.72. The van der Waals surface area contributed by atoms with Gasteiger partial charge in [-0.15, -0.1) is 0 Å². The number of pyridine rings is 1. The Kier molecular flexibility index (Phi) is 4.27. The lowest BCUT2D eigenvalue weighted by Gasteiger charge is -2.38. The second-order valence-corrected chi connectivity index (χ2v) is 6.96. The molecule has 0 spiro atoms. The molecular weight excluding hydrogens is 304 g/mol. The summed E-state index contributed by atoms with van der Waals surface area (Å²) in [5, 5.41) is 3.82. The fourth-order valence-corrected chi connectivity index (χ4v) is 4.40. The van der Waals surface area contributed by atoms with E-state index < -0.39 is 0 Å². The summed E-state index contributed by atoms with van der Waals surface area (Å²) in [5.41, 5.74) is 5.02. The predicted octanol–water partition coefficient (Wildman–Crippen LogP) is 5.34. The number of nitrogens with zero attached hydrogens (tertiary/aromatic N) is 1. The minimum atomic E-state index is -0.0809. The van der Waals surface area contributed by atoms with Gasteiger partial charge in [0.25, 0.3) is 0 Å². The molecule has 4 rings (SSSR count). The van der Waals surface area contributed by atoms with Crippen LogP contribution >= 0.6 is 0 Å². The summed E-state index contributed by atoms with van der Waals surface area (Å²) < 4.78 is 0. The molecule has 0 unspecified atom stereocenters. The molecule has 0 radical (unpaired) electrons. The third-order valence-corrected chi connectivity index (χ3v) is 5.52. The molecule has 2 aromatic carbocycles. The molecule has 0 aliphatic heterocycles. The highest BCUT2D eigenvalue weighted by Crippen LogP contribution is 2.47. The van der Waals surface area contributed by atoms with Crippen LogP contribution in [0.5, 0.6) is 0 Å². The van der Waals surface area contributed by atoms with Gasteiger partial charge in [-0.3, -0.25) is 4.98 Å². The largest absolute Gasteiger partial charge is 0.381 e. The van der Waals surface area contributed by atoms with Crippen molar-refractivity contribution in [3.63, 3.8) is 0 Å². The van der Waals surface area contributed by atoms with Crippen LogP contribution in [0.3, 0.4) is 0 Å². The van der Waals surface area contributed by atoms with Gasteiger partial charge in [0.2, 0.25) is 0 Å². The van der Waals surface area contributed by atoms with Gasteiger partial charge in [0.15, 0.2) is 0 Å². The molecular formula is C23H24N2. The smallest absolute Gasteiger partial charge is 0.0578 e. The summed E-state index contributed by atoms with van der Waals surface area (Å²) in [7, 11) is 0. The van der Waals surface area contributed by atoms with E-state index in [9.17, 15) is 0 Å². The van der Waals surface area contributed by atoms with Crippen molar-refractivity contribution >= 4 is 5.69 Å². The summed E-state index contributed by atoms with van der Waals surface area (Å²) in [4.78, 5) is 4.80. The molecule has 2 heteroatoms. The summed E-state index contributed by atoms with van der Waals surface area (Å²) in [6.45, 7) is 2.22. The molecule has 1 aliphatic carbocycles. The van der Waals surface area contributed by atoms with Crippen molar-refractivity contribution < 1.29 is 0 Å². The van der Waals surface area contributed by atoms with Gasteiger partial charge in [-0.25, -0.2) is 0 Å². The maximum Gasteiger partial charge on any atom is 0.0578 e. The van der Waals surface area contributed by atoms with Crippen molar-refractivity contribution in [1.82, 2.24) is 4.98 Å². The standard InChI is InChI=1S/C23H24N2/c1-18-10-5-6-13-20(18)23(21-14-7-8-17-24-21)16-9-15-22(23)25-19-11-3-2-4-12-19/h2-8,10-14,17,22,25H,9,15-16H2,1H3/t22-,23-/m1/s1. The van der Waals surface area contributed by atoms with E-state index in [1.54, 1.807) is 0 Å². The van der Waals surface area contributed by atoms with Gasteiger partial charge in [-0.05, 0) is 55.2 Å². The number of hydrogen-bond donors (Lipinski definition) is 1. The van der Waals surface area contributed by atoms with Gasteiger partial charge >= 0.3 is 0 Å². The Balaban J connectivity index is 1.84. The van der Waals surface area contributed by atoms with Crippen molar-refractivity contribution in [2.24, 2.45) is 0 Å². The molecule has 0 bridgehead atoms. The van der Waals surface area contributed by atoms with Crippen molar-refractivity contribution in [2.45, 2.75) is 37.6 Å². The third-order valence-electron chi connectivity index (χ3n) is 5.52. The minimum absolute atomic E-state index is 0.0809. The minimum Gasteiger partial charge on any atom is -0.381 e. The van der Waals surface area contributed by atoms with E-state index in [1.165, 1.54) is 28.9 Å². The number of para-hydroxylation sites is 1. The van der Waals surface area contributed by atoms with Crippen LogP contribution in [-0.2, 0) is 5.41 Å². The predicted molar refractivity (Wildman–Crippen MR) is 104 cm³/mol. The first-order valence-electron chi connectivity index (χ1n) is 9.10. The lowest BCUT2D eigenvalue weighted by molar-refractivity contribution is 0.474. The number of rotatable bonds is 4.